The summed E-state index contributed by atoms with van der Waals surface area (Å²) < 4.78 is 50.6. The molecule has 10 heteroatoms. The maximum atomic E-state index is 13.0. The summed E-state index contributed by atoms with van der Waals surface area (Å²) in [5, 5.41) is 3.06. The average Bonchev–Trinajstić information content (AvgIpc) is 2.75. The predicted octanol–water partition coefficient (Wildman–Crippen LogP) is 4.48. The Labute approximate surface area is 190 Å². The van der Waals surface area contributed by atoms with Crippen LogP contribution in [0.3, 0.4) is 0 Å². The van der Waals surface area contributed by atoms with Crippen molar-refractivity contribution in [1.82, 2.24) is 0 Å². The number of sulfonamides is 1. The second-order valence-corrected chi connectivity index (χ2v) is 8.76. The van der Waals surface area contributed by atoms with Gasteiger partial charge in [0.2, 0.25) is 5.91 Å². The fraction of sp³-hybridized carbons (Fsp3) is 0.136. The lowest BCUT2D eigenvalue weighted by atomic mass is 10.1. The molecule has 1 amide bonds. The van der Waals surface area contributed by atoms with Gasteiger partial charge in [-0.3, -0.25) is 9.52 Å². The molecule has 0 bridgehead atoms. The van der Waals surface area contributed by atoms with Gasteiger partial charge < -0.3 is 14.8 Å². The molecule has 0 aliphatic rings. The molecule has 3 aromatic rings. The van der Waals surface area contributed by atoms with E-state index < -0.39 is 15.8 Å². The number of halogens is 2. The van der Waals surface area contributed by atoms with E-state index in [2.05, 4.69) is 10.0 Å². The summed E-state index contributed by atoms with van der Waals surface area (Å²) in [6, 6.07) is 13.9. The van der Waals surface area contributed by atoms with Crippen LogP contribution in [0, 0.1) is 5.82 Å². The minimum Gasteiger partial charge on any atom is -0.495 e. The normalized spacial score (nSPS) is 11.0. The Hall–Kier alpha value is -3.30. The Morgan fingerprint density at radius 2 is 1.59 bits per heavy atom. The van der Waals surface area contributed by atoms with Gasteiger partial charge in [0.1, 0.15) is 17.3 Å². The van der Waals surface area contributed by atoms with Gasteiger partial charge in [0.25, 0.3) is 10.0 Å². The summed E-state index contributed by atoms with van der Waals surface area (Å²) in [6.45, 7) is 0. The molecule has 168 valence electrons. The van der Waals surface area contributed by atoms with E-state index in [0.29, 0.717) is 33.5 Å². The monoisotopic (exact) mass is 478 g/mol. The second kappa shape index (κ2) is 9.88. The Kier molecular flexibility index (Phi) is 7.22. The van der Waals surface area contributed by atoms with E-state index in [1.165, 1.54) is 44.6 Å². The molecule has 3 aromatic carbocycles. The summed E-state index contributed by atoms with van der Waals surface area (Å²) in [4.78, 5) is 12.4. The van der Waals surface area contributed by atoms with Gasteiger partial charge >= 0.3 is 0 Å². The lowest BCUT2D eigenvalue weighted by molar-refractivity contribution is -0.115. The number of benzene rings is 3. The van der Waals surface area contributed by atoms with Crippen molar-refractivity contribution in [3.63, 3.8) is 0 Å². The first-order valence-corrected chi connectivity index (χ1v) is 11.2. The minimum atomic E-state index is -3.86. The number of carbonyl (C=O) groups excluding carboxylic acids is 1. The first kappa shape index (κ1) is 23.4. The summed E-state index contributed by atoms with van der Waals surface area (Å²) >= 11 is 6.12. The van der Waals surface area contributed by atoms with Crippen LogP contribution in [0.15, 0.2) is 65.6 Å². The van der Waals surface area contributed by atoms with Crippen LogP contribution in [0.25, 0.3) is 0 Å². The molecule has 0 saturated carbocycles. The lowest BCUT2D eigenvalue weighted by Gasteiger charge is -2.13. The number of rotatable bonds is 8. The van der Waals surface area contributed by atoms with Crippen LogP contribution in [0.5, 0.6) is 11.5 Å². The molecule has 0 aromatic heterocycles. The SMILES string of the molecule is COc1cc(OC)c(NC(=O)Cc2ccc(NS(=O)(=O)c3ccc(F)cc3)cc2)cc1Cl. The zero-order valence-corrected chi connectivity index (χ0v) is 18.8. The van der Waals surface area contributed by atoms with Crippen molar-refractivity contribution in [2.75, 3.05) is 24.3 Å². The predicted molar refractivity (Wildman–Crippen MR) is 121 cm³/mol. The third-order valence-corrected chi connectivity index (χ3v) is 6.14. The first-order chi connectivity index (χ1) is 15.2. The molecular weight excluding hydrogens is 459 g/mol. The highest BCUT2D eigenvalue weighted by molar-refractivity contribution is 7.92. The highest BCUT2D eigenvalue weighted by atomic mass is 35.5. The molecule has 3 rings (SSSR count). The highest BCUT2D eigenvalue weighted by Gasteiger charge is 2.15. The van der Waals surface area contributed by atoms with Crippen LogP contribution in [0.1, 0.15) is 5.56 Å². The smallest absolute Gasteiger partial charge is 0.261 e. The molecule has 0 heterocycles. The third-order valence-electron chi connectivity index (χ3n) is 4.44. The van der Waals surface area contributed by atoms with E-state index in [4.69, 9.17) is 21.1 Å². The maximum Gasteiger partial charge on any atom is 0.261 e. The molecular formula is C22H20ClFN2O5S. The van der Waals surface area contributed by atoms with Crippen LogP contribution in [0.2, 0.25) is 5.02 Å². The summed E-state index contributed by atoms with van der Waals surface area (Å²) in [7, 11) is -0.920. The maximum absolute atomic E-state index is 13.0. The highest BCUT2D eigenvalue weighted by Crippen LogP contribution is 2.36. The van der Waals surface area contributed by atoms with Gasteiger partial charge in [-0.05, 0) is 48.0 Å². The topological polar surface area (TPSA) is 93.7 Å². The van der Waals surface area contributed by atoms with Crippen molar-refractivity contribution in [1.29, 1.82) is 0 Å². The molecule has 0 aliphatic heterocycles. The number of nitrogens with one attached hydrogen (secondary N) is 2. The van der Waals surface area contributed by atoms with Crippen LogP contribution in [-0.2, 0) is 21.2 Å². The minimum absolute atomic E-state index is 0.0395. The molecule has 0 fully saturated rings. The molecule has 0 spiro atoms. The van der Waals surface area contributed by atoms with Crippen LogP contribution < -0.4 is 19.5 Å². The molecule has 32 heavy (non-hydrogen) atoms. The number of anilines is 2. The van der Waals surface area contributed by atoms with Gasteiger partial charge in [0.05, 0.1) is 36.2 Å². The Morgan fingerprint density at radius 1 is 0.969 bits per heavy atom. The molecule has 0 atom stereocenters. The van der Waals surface area contributed by atoms with Gasteiger partial charge in [-0.2, -0.15) is 0 Å². The second-order valence-electron chi connectivity index (χ2n) is 6.67. The number of hydrogen-bond acceptors (Lipinski definition) is 5. The van der Waals surface area contributed by atoms with E-state index in [1.54, 1.807) is 18.2 Å². The molecule has 0 saturated heterocycles. The standard InChI is InChI=1S/C22H20ClFN2O5S/c1-30-20-13-21(31-2)19(12-18(20)23)25-22(27)11-14-3-7-16(8-4-14)26-32(28,29)17-9-5-15(24)6-10-17/h3-10,12-13,26H,11H2,1-2H3,(H,25,27). The van der Waals surface area contributed by atoms with Crippen LogP contribution in [0.4, 0.5) is 15.8 Å². The van der Waals surface area contributed by atoms with Crippen molar-refractivity contribution in [3.8, 4) is 11.5 Å². The first-order valence-electron chi connectivity index (χ1n) is 9.30. The number of hydrogen-bond donors (Lipinski definition) is 2. The zero-order valence-electron chi connectivity index (χ0n) is 17.2. The summed E-state index contributed by atoms with van der Waals surface area (Å²) in [6.07, 6.45) is 0.0395. The quantitative estimate of drug-likeness (QED) is 0.498. The summed E-state index contributed by atoms with van der Waals surface area (Å²) in [5.41, 5.74) is 1.36. The van der Waals surface area contributed by atoms with Gasteiger partial charge in [-0.1, -0.05) is 23.7 Å². The number of amides is 1. The van der Waals surface area contributed by atoms with E-state index >= 15 is 0 Å². The zero-order chi connectivity index (χ0) is 23.3. The fourth-order valence-corrected chi connectivity index (χ4v) is 4.16. The number of carbonyl (C=O) groups is 1. The van der Waals surface area contributed by atoms with Crippen molar-refractivity contribution in [3.05, 3.63) is 77.1 Å². The van der Waals surface area contributed by atoms with Crippen molar-refractivity contribution in [2.45, 2.75) is 11.3 Å². The van der Waals surface area contributed by atoms with Gasteiger partial charge in [0, 0.05) is 11.8 Å². The van der Waals surface area contributed by atoms with Crippen LogP contribution >= 0.6 is 11.6 Å². The number of methoxy groups -OCH3 is 2. The van der Waals surface area contributed by atoms with Crippen molar-refractivity contribution >= 4 is 38.9 Å². The molecule has 2 N–H and O–H groups in total. The summed E-state index contributed by atoms with van der Waals surface area (Å²) in [5.74, 6) is -0.0318. The van der Waals surface area contributed by atoms with Crippen molar-refractivity contribution < 1.29 is 27.1 Å². The van der Waals surface area contributed by atoms with Gasteiger partial charge in [-0.25, -0.2) is 12.8 Å². The fourth-order valence-electron chi connectivity index (χ4n) is 2.86. The Bertz CT molecular complexity index is 1220. The molecule has 0 radical (unpaired) electrons. The Balaban J connectivity index is 1.66. The van der Waals surface area contributed by atoms with E-state index in [1.807, 2.05) is 0 Å². The van der Waals surface area contributed by atoms with E-state index in [-0.39, 0.29) is 17.2 Å². The average molecular weight is 479 g/mol. The Morgan fingerprint density at radius 3 is 2.19 bits per heavy atom. The lowest BCUT2D eigenvalue weighted by Crippen LogP contribution is -2.15. The van der Waals surface area contributed by atoms with Gasteiger partial charge in [0.15, 0.2) is 0 Å². The molecule has 7 nitrogen and oxygen atoms in total. The largest absolute Gasteiger partial charge is 0.495 e. The number of ether oxygens (including phenoxy) is 2. The van der Waals surface area contributed by atoms with E-state index in [0.717, 1.165) is 12.1 Å². The van der Waals surface area contributed by atoms with Crippen LogP contribution in [-0.4, -0.2) is 28.5 Å². The van der Waals surface area contributed by atoms with Crippen molar-refractivity contribution in [2.24, 2.45) is 0 Å². The third kappa shape index (κ3) is 5.68. The molecule has 0 aliphatic carbocycles. The van der Waals surface area contributed by atoms with Gasteiger partial charge in [-0.15, -0.1) is 0 Å². The molecule has 0 unspecified atom stereocenters. The van der Waals surface area contributed by atoms with E-state index in [9.17, 15) is 17.6 Å².